The van der Waals surface area contributed by atoms with Crippen LogP contribution in [0.15, 0.2) is 22.7 Å². The van der Waals surface area contributed by atoms with Crippen LogP contribution in [0.25, 0.3) is 0 Å². The standard InChI is InChI=1S/C15H21BrClNO/c1-2-18-15(8-6-12-4-3-9-19-12)11-5-7-14(17)13(16)10-11/h5,7,10,12,15,18H,2-4,6,8-9H2,1H3. The summed E-state index contributed by atoms with van der Waals surface area (Å²) in [4.78, 5) is 0. The van der Waals surface area contributed by atoms with Crippen LogP contribution in [0.3, 0.4) is 0 Å². The number of rotatable bonds is 6. The predicted octanol–water partition coefficient (Wildman–Crippen LogP) is 4.71. The number of halogens is 2. The Bertz CT molecular complexity index is 407. The zero-order valence-electron chi connectivity index (χ0n) is 11.3. The first-order valence-electron chi connectivity index (χ1n) is 7.00. The molecule has 0 bridgehead atoms. The third-order valence-corrected chi connectivity index (χ3v) is 4.81. The first-order chi connectivity index (χ1) is 9.20. The summed E-state index contributed by atoms with van der Waals surface area (Å²) in [7, 11) is 0. The van der Waals surface area contributed by atoms with Crippen molar-refractivity contribution in [3.05, 3.63) is 33.3 Å². The average molecular weight is 347 g/mol. The fourth-order valence-corrected chi connectivity index (χ4v) is 3.10. The molecule has 0 aromatic heterocycles. The summed E-state index contributed by atoms with van der Waals surface area (Å²) in [5.41, 5.74) is 1.29. The molecule has 0 saturated carbocycles. The van der Waals surface area contributed by atoms with E-state index in [-0.39, 0.29) is 0 Å². The van der Waals surface area contributed by atoms with Gasteiger partial charge in [-0.05, 0) is 65.9 Å². The second-order valence-corrected chi connectivity index (χ2v) is 6.26. The molecule has 1 N–H and O–H groups in total. The Morgan fingerprint density at radius 3 is 3.00 bits per heavy atom. The van der Waals surface area contributed by atoms with Gasteiger partial charge >= 0.3 is 0 Å². The van der Waals surface area contributed by atoms with Crippen molar-refractivity contribution in [3.63, 3.8) is 0 Å². The van der Waals surface area contributed by atoms with E-state index < -0.39 is 0 Å². The van der Waals surface area contributed by atoms with Gasteiger partial charge in [0.2, 0.25) is 0 Å². The Morgan fingerprint density at radius 1 is 1.53 bits per heavy atom. The van der Waals surface area contributed by atoms with Crippen LogP contribution >= 0.6 is 27.5 Å². The summed E-state index contributed by atoms with van der Waals surface area (Å²) in [5, 5.41) is 4.31. The monoisotopic (exact) mass is 345 g/mol. The van der Waals surface area contributed by atoms with E-state index in [0.29, 0.717) is 12.1 Å². The minimum Gasteiger partial charge on any atom is -0.378 e. The van der Waals surface area contributed by atoms with E-state index in [2.05, 4.69) is 40.3 Å². The summed E-state index contributed by atoms with van der Waals surface area (Å²) < 4.78 is 6.67. The van der Waals surface area contributed by atoms with Gasteiger partial charge in [-0.15, -0.1) is 0 Å². The molecule has 106 valence electrons. The minimum atomic E-state index is 0.378. The van der Waals surface area contributed by atoms with Gasteiger partial charge in [0.1, 0.15) is 0 Å². The van der Waals surface area contributed by atoms with Gasteiger partial charge in [-0.1, -0.05) is 24.6 Å². The van der Waals surface area contributed by atoms with Gasteiger partial charge in [0, 0.05) is 17.1 Å². The van der Waals surface area contributed by atoms with E-state index in [4.69, 9.17) is 16.3 Å². The molecule has 0 amide bonds. The Kier molecular flexibility index (Phi) is 6.14. The van der Waals surface area contributed by atoms with Crippen molar-refractivity contribution in [1.29, 1.82) is 0 Å². The molecule has 2 unspecified atom stereocenters. The lowest BCUT2D eigenvalue weighted by molar-refractivity contribution is 0.0996. The minimum absolute atomic E-state index is 0.378. The lowest BCUT2D eigenvalue weighted by Gasteiger charge is -2.20. The second kappa shape index (κ2) is 7.63. The highest BCUT2D eigenvalue weighted by molar-refractivity contribution is 9.10. The summed E-state index contributed by atoms with van der Waals surface area (Å²) >= 11 is 9.55. The maximum Gasteiger partial charge on any atom is 0.0576 e. The predicted molar refractivity (Wildman–Crippen MR) is 83.8 cm³/mol. The molecular weight excluding hydrogens is 326 g/mol. The summed E-state index contributed by atoms with van der Waals surface area (Å²) in [6, 6.07) is 6.56. The SMILES string of the molecule is CCNC(CCC1CCCO1)c1ccc(Cl)c(Br)c1. The Balaban J connectivity index is 1.99. The van der Waals surface area contributed by atoms with Gasteiger partial charge in [0.25, 0.3) is 0 Å². The van der Waals surface area contributed by atoms with Crippen molar-refractivity contribution < 1.29 is 4.74 Å². The Hall–Kier alpha value is -0.0900. The first-order valence-corrected chi connectivity index (χ1v) is 8.17. The number of ether oxygens (including phenoxy) is 1. The van der Waals surface area contributed by atoms with Crippen LogP contribution < -0.4 is 5.32 Å². The molecule has 1 heterocycles. The summed E-state index contributed by atoms with van der Waals surface area (Å²) in [5.74, 6) is 0. The molecule has 0 spiro atoms. The van der Waals surface area contributed by atoms with Crippen molar-refractivity contribution in [3.8, 4) is 0 Å². The fraction of sp³-hybridized carbons (Fsp3) is 0.600. The summed E-state index contributed by atoms with van der Waals surface area (Å²) in [6.45, 7) is 4.05. The van der Waals surface area contributed by atoms with Crippen LogP contribution in [0.2, 0.25) is 5.02 Å². The molecule has 2 nitrogen and oxygen atoms in total. The molecule has 1 aromatic rings. The van der Waals surface area contributed by atoms with Gasteiger partial charge in [-0.3, -0.25) is 0 Å². The maximum absolute atomic E-state index is 6.06. The first kappa shape index (κ1) is 15.3. The maximum atomic E-state index is 6.06. The van der Waals surface area contributed by atoms with Crippen molar-refractivity contribution in [2.24, 2.45) is 0 Å². The molecular formula is C15H21BrClNO. The van der Waals surface area contributed by atoms with Crippen LogP contribution in [0.1, 0.15) is 44.2 Å². The molecule has 1 aliphatic rings. The molecule has 19 heavy (non-hydrogen) atoms. The van der Waals surface area contributed by atoms with E-state index in [1.165, 1.54) is 18.4 Å². The summed E-state index contributed by atoms with van der Waals surface area (Å²) in [6.07, 6.45) is 5.10. The fourth-order valence-electron chi connectivity index (χ4n) is 2.59. The van der Waals surface area contributed by atoms with E-state index >= 15 is 0 Å². The number of hydrogen-bond donors (Lipinski definition) is 1. The molecule has 1 saturated heterocycles. The molecule has 0 aliphatic carbocycles. The van der Waals surface area contributed by atoms with Gasteiger partial charge < -0.3 is 10.1 Å². The molecule has 1 aliphatic heterocycles. The third kappa shape index (κ3) is 4.45. The van der Waals surface area contributed by atoms with Crippen molar-refractivity contribution in [2.75, 3.05) is 13.2 Å². The average Bonchev–Trinajstić information content (AvgIpc) is 2.91. The number of hydrogen-bond acceptors (Lipinski definition) is 2. The largest absolute Gasteiger partial charge is 0.378 e. The van der Waals surface area contributed by atoms with Crippen molar-refractivity contribution in [2.45, 2.75) is 44.8 Å². The van der Waals surface area contributed by atoms with Gasteiger partial charge in [0.05, 0.1) is 11.1 Å². The van der Waals surface area contributed by atoms with E-state index in [1.54, 1.807) is 0 Å². The molecule has 0 radical (unpaired) electrons. The zero-order chi connectivity index (χ0) is 13.7. The topological polar surface area (TPSA) is 21.3 Å². The highest BCUT2D eigenvalue weighted by Crippen LogP contribution is 2.29. The molecule has 1 fully saturated rings. The van der Waals surface area contributed by atoms with Crippen molar-refractivity contribution >= 4 is 27.5 Å². The lowest BCUT2D eigenvalue weighted by atomic mass is 9.99. The van der Waals surface area contributed by atoms with Crippen LogP contribution in [0, 0.1) is 0 Å². The normalized spacial score (nSPS) is 20.7. The molecule has 2 atom stereocenters. The van der Waals surface area contributed by atoms with E-state index in [1.807, 2.05) is 6.07 Å². The number of benzene rings is 1. The zero-order valence-corrected chi connectivity index (χ0v) is 13.6. The molecule has 4 heteroatoms. The van der Waals surface area contributed by atoms with Crippen LogP contribution in [-0.2, 0) is 4.74 Å². The smallest absolute Gasteiger partial charge is 0.0576 e. The third-order valence-electron chi connectivity index (χ3n) is 3.60. The lowest BCUT2D eigenvalue weighted by Crippen LogP contribution is -2.22. The Labute approximate surface area is 129 Å². The quantitative estimate of drug-likeness (QED) is 0.805. The van der Waals surface area contributed by atoms with Crippen LogP contribution in [-0.4, -0.2) is 19.3 Å². The van der Waals surface area contributed by atoms with Crippen LogP contribution in [0.4, 0.5) is 0 Å². The van der Waals surface area contributed by atoms with E-state index in [9.17, 15) is 0 Å². The van der Waals surface area contributed by atoms with Crippen molar-refractivity contribution in [1.82, 2.24) is 5.32 Å². The second-order valence-electron chi connectivity index (χ2n) is 5.00. The van der Waals surface area contributed by atoms with Gasteiger partial charge in [-0.2, -0.15) is 0 Å². The highest BCUT2D eigenvalue weighted by atomic mass is 79.9. The molecule has 1 aromatic carbocycles. The molecule has 2 rings (SSSR count). The highest BCUT2D eigenvalue weighted by Gasteiger charge is 2.18. The van der Waals surface area contributed by atoms with Gasteiger partial charge in [0.15, 0.2) is 0 Å². The van der Waals surface area contributed by atoms with Gasteiger partial charge in [-0.25, -0.2) is 0 Å². The van der Waals surface area contributed by atoms with E-state index in [0.717, 1.165) is 35.5 Å². The van der Waals surface area contributed by atoms with Crippen LogP contribution in [0.5, 0.6) is 0 Å². The Morgan fingerprint density at radius 2 is 2.37 bits per heavy atom. The number of nitrogens with one attached hydrogen (secondary N) is 1.